The first-order chi connectivity index (χ1) is 14.9. The normalized spacial score (nSPS) is 17.4. The molecular weight excluding hydrogens is 410 g/mol. The highest BCUT2D eigenvalue weighted by Gasteiger charge is 2.35. The SMILES string of the molecule is CCCCCOc1ccc(C(=O)N(Cc2ccc(CC)cc2)[C@@H]2CCS(=O)(=O)C2)cc1. The standard InChI is InChI=1S/C25H33NO4S/c1-3-5-6-16-30-24-13-11-22(12-14-24)25(27)26(23-15-17-31(28,29)19-23)18-21-9-7-20(4-2)8-10-21/h7-14,23H,3-6,15-19H2,1-2H3/t23-/m1/s1. The number of hydrogen-bond donors (Lipinski definition) is 0. The Bertz CT molecular complexity index is 952. The summed E-state index contributed by atoms with van der Waals surface area (Å²) >= 11 is 0. The van der Waals surface area contributed by atoms with Crippen LogP contribution in [0.15, 0.2) is 48.5 Å². The molecule has 0 N–H and O–H groups in total. The van der Waals surface area contributed by atoms with Crippen LogP contribution in [0.4, 0.5) is 0 Å². The van der Waals surface area contributed by atoms with E-state index >= 15 is 0 Å². The van der Waals surface area contributed by atoms with E-state index < -0.39 is 9.84 Å². The summed E-state index contributed by atoms with van der Waals surface area (Å²) in [6, 6.07) is 15.1. The van der Waals surface area contributed by atoms with Crippen LogP contribution in [-0.2, 0) is 22.8 Å². The summed E-state index contributed by atoms with van der Waals surface area (Å²) < 4.78 is 29.9. The van der Waals surface area contributed by atoms with E-state index in [2.05, 4.69) is 26.0 Å². The summed E-state index contributed by atoms with van der Waals surface area (Å²) in [6.45, 7) is 5.32. The molecule has 0 radical (unpaired) electrons. The van der Waals surface area contributed by atoms with Gasteiger partial charge in [-0.25, -0.2) is 8.42 Å². The smallest absolute Gasteiger partial charge is 0.254 e. The molecule has 0 aliphatic carbocycles. The van der Waals surface area contributed by atoms with Crippen molar-refractivity contribution < 1.29 is 17.9 Å². The van der Waals surface area contributed by atoms with E-state index in [1.807, 2.05) is 24.3 Å². The third-order valence-electron chi connectivity index (χ3n) is 5.81. The predicted molar refractivity (Wildman–Crippen MR) is 124 cm³/mol. The fraction of sp³-hybridized carbons (Fsp3) is 0.480. The molecule has 168 valence electrons. The first kappa shape index (κ1) is 23.3. The molecular formula is C25H33NO4S. The Hall–Kier alpha value is -2.34. The molecule has 1 aliphatic heterocycles. The molecule has 0 saturated carbocycles. The summed E-state index contributed by atoms with van der Waals surface area (Å²) in [7, 11) is -3.09. The molecule has 1 heterocycles. The maximum Gasteiger partial charge on any atom is 0.254 e. The molecule has 1 atom stereocenters. The molecule has 1 aliphatic rings. The van der Waals surface area contributed by atoms with E-state index in [4.69, 9.17) is 4.74 Å². The molecule has 2 aromatic carbocycles. The summed E-state index contributed by atoms with van der Waals surface area (Å²) in [5, 5.41) is 0. The molecule has 5 nitrogen and oxygen atoms in total. The Morgan fingerprint density at radius 1 is 1.00 bits per heavy atom. The first-order valence-corrected chi connectivity index (χ1v) is 13.1. The quantitative estimate of drug-likeness (QED) is 0.502. The van der Waals surface area contributed by atoms with Gasteiger partial charge in [0.25, 0.3) is 5.91 Å². The fourth-order valence-electron chi connectivity index (χ4n) is 3.87. The van der Waals surface area contributed by atoms with Gasteiger partial charge in [0.1, 0.15) is 5.75 Å². The maximum absolute atomic E-state index is 13.4. The summed E-state index contributed by atoms with van der Waals surface area (Å²) in [6.07, 6.45) is 4.73. The summed E-state index contributed by atoms with van der Waals surface area (Å²) in [5.74, 6) is 0.780. The maximum atomic E-state index is 13.4. The van der Waals surface area contributed by atoms with Gasteiger partial charge < -0.3 is 9.64 Å². The molecule has 3 rings (SSSR count). The largest absolute Gasteiger partial charge is 0.494 e. The third-order valence-corrected chi connectivity index (χ3v) is 7.56. The van der Waals surface area contributed by atoms with E-state index in [0.29, 0.717) is 25.1 Å². The molecule has 0 unspecified atom stereocenters. The van der Waals surface area contributed by atoms with Crippen LogP contribution in [0.1, 0.15) is 61.0 Å². The zero-order chi connectivity index (χ0) is 22.3. The Morgan fingerprint density at radius 2 is 1.68 bits per heavy atom. The minimum absolute atomic E-state index is 0.0321. The van der Waals surface area contributed by atoms with Crippen molar-refractivity contribution in [1.29, 1.82) is 0 Å². The van der Waals surface area contributed by atoms with E-state index in [1.54, 1.807) is 17.0 Å². The average molecular weight is 444 g/mol. The number of carbonyl (C=O) groups is 1. The summed E-state index contributed by atoms with van der Waals surface area (Å²) in [4.78, 5) is 15.1. The van der Waals surface area contributed by atoms with Crippen LogP contribution in [0.2, 0.25) is 0 Å². The van der Waals surface area contributed by atoms with Crippen molar-refractivity contribution in [2.45, 2.75) is 58.5 Å². The van der Waals surface area contributed by atoms with Crippen molar-refractivity contribution in [2.75, 3.05) is 18.1 Å². The number of nitrogens with zero attached hydrogens (tertiary/aromatic N) is 1. The molecule has 0 bridgehead atoms. The van der Waals surface area contributed by atoms with E-state index in [-0.39, 0.29) is 23.5 Å². The van der Waals surface area contributed by atoms with Gasteiger partial charge >= 0.3 is 0 Å². The minimum atomic E-state index is -3.09. The van der Waals surface area contributed by atoms with Gasteiger partial charge in [-0.15, -0.1) is 0 Å². The summed E-state index contributed by atoms with van der Waals surface area (Å²) in [5.41, 5.74) is 2.79. The van der Waals surface area contributed by atoms with Crippen LogP contribution in [-0.4, -0.2) is 43.4 Å². The van der Waals surface area contributed by atoms with Crippen LogP contribution >= 0.6 is 0 Å². The number of ether oxygens (including phenoxy) is 1. The number of sulfone groups is 1. The van der Waals surface area contributed by atoms with E-state index in [1.165, 1.54) is 5.56 Å². The highest BCUT2D eigenvalue weighted by Crippen LogP contribution is 2.23. The topological polar surface area (TPSA) is 63.7 Å². The molecule has 0 aromatic heterocycles. The number of rotatable bonds is 10. The zero-order valence-corrected chi connectivity index (χ0v) is 19.4. The van der Waals surface area contributed by atoms with Crippen molar-refractivity contribution in [2.24, 2.45) is 0 Å². The van der Waals surface area contributed by atoms with Crippen molar-refractivity contribution in [1.82, 2.24) is 4.90 Å². The second kappa shape index (κ2) is 10.8. The van der Waals surface area contributed by atoms with Gasteiger partial charge in [0.2, 0.25) is 0 Å². The lowest BCUT2D eigenvalue weighted by molar-refractivity contribution is 0.0681. The van der Waals surface area contributed by atoms with Gasteiger partial charge in [-0.2, -0.15) is 0 Å². The van der Waals surface area contributed by atoms with Gasteiger partial charge in [0.05, 0.1) is 18.1 Å². The van der Waals surface area contributed by atoms with Crippen LogP contribution < -0.4 is 4.74 Å². The number of carbonyl (C=O) groups excluding carboxylic acids is 1. The van der Waals surface area contributed by atoms with Crippen molar-refractivity contribution in [3.63, 3.8) is 0 Å². The number of benzene rings is 2. The van der Waals surface area contributed by atoms with Crippen molar-refractivity contribution >= 4 is 15.7 Å². The molecule has 1 saturated heterocycles. The zero-order valence-electron chi connectivity index (χ0n) is 18.5. The van der Waals surface area contributed by atoms with Crippen LogP contribution in [0, 0.1) is 0 Å². The first-order valence-electron chi connectivity index (χ1n) is 11.2. The highest BCUT2D eigenvalue weighted by molar-refractivity contribution is 7.91. The minimum Gasteiger partial charge on any atom is -0.494 e. The average Bonchev–Trinajstić information content (AvgIpc) is 3.15. The van der Waals surface area contributed by atoms with E-state index in [0.717, 1.165) is 37.0 Å². The second-order valence-corrected chi connectivity index (χ2v) is 10.5. The van der Waals surface area contributed by atoms with Gasteiger partial charge in [-0.1, -0.05) is 51.0 Å². The number of unbranched alkanes of at least 4 members (excludes halogenated alkanes) is 2. The predicted octanol–water partition coefficient (Wildman–Crippen LogP) is 4.65. The van der Waals surface area contributed by atoms with Crippen molar-refractivity contribution in [3.05, 3.63) is 65.2 Å². The highest BCUT2D eigenvalue weighted by atomic mass is 32.2. The fourth-order valence-corrected chi connectivity index (χ4v) is 5.60. The molecule has 1 fully saturated rings. The Kier molecular flexibility index (Phi) is 8.13. The van der Waals surface area contributed by atoms with Gasteiger partial charge in [0.15, 0.2) is 9.84 Å². The second-order valence-electron chi connectivity index (χ2n) is 8.24. The van der Waals surface area contributed by atoms with Gasteiger partial charge in [-0.05, 0) is 54.7 Å². The lowest BCUT2D eigenvalue weighted by Gasteiger charge is -2.28. The molecule has 1 amide bonds. The lowest BCUT2D eigenvalue weighted by atomic mass is 10.1. The monoisotopic (exact) mass is 443 g/mol. The molecule has 6 heteroatoms. The van der Waals surface area contributed by atoms with E-state index in [9.17, 15) is 13.2 Å². The number of amides is 1. The number of hydrogen-bond acceptors (Lipinski definition) is 4. The van der Waals surface area contributed by atoms with Crippen LogP contribution in [0.25, 0.3) is 0 Å². The number of aryl methyl sites for hydroxylation is 1. The van der Waals surface area contributed by atoms with Crippen LogP contribution in [0.3, 0.4) is 0 Å². The molecule has 0 spiro atoms. The van der Waals surface area contributed by atoms with Gasteiger partial charge in [-0.3, -0.25) is 4.79 Å². The lowest BCUT2D eigenvalue weighted by Crippen LogP contribution is -2.40. The third kappa shape index (κ3) is 6.57. The Morgan fingerprint density at radius 3 is 2.26 bits per heavy atom. The Balaban J connectivity index is 1.75. The molecule has 2 aromatic rings. The molecule has 31 heavy (non-hydrogen) atoms. The van der Waals surface area contributed by atoms with Crippen LogP contribution in [0.5, 0.6) is 5.75 Å². The Labute approximate surface area is 186 Å². The van der Waals surface area contributed by atoms with Crippen molar-refractivity contribution in [3.8, 4) is 5.75 Å². The van der Waals surface area contributed by atoms with Gasteiger partial charge in [0, 0.05) is 18.2 Å².